The minimum Gasteiger partial charge on any atom is -0.497 e. The van der Waals surface area contributed by atoms with Gasteiger partial charge in [0.05, 0.1) is 7.11 Å². The molecule has 2 rings (SSSR count). The van der Waals surface area contributed by atoms with E-state index in [1.54, 1.807) is 18.4 Å². The van der Waals surface area contributed by atoms with Crippen LogP contribution < -0.4 is 10.1 Å². The first kappa shape index (κ1) is 13.6. The van der Waals surface area contributed by atoms with Gasteiger partial charge < -0.3 is 10.1 Å². The Kier molecular flexibility index (Phi) is 5.23. The van der Waals surface area contributed by atoms with Crippen molar-refractivity contribution in [2.75, 3.05) is 13.7 Å². The second kappa shape index (κ2) is 6.92. The topological polar surface area (TPSA) is 21.3 Å². The zero-order chi connectivity index (χ0) is 12.8. The van der Waals surface area contributed by atoms with Gasteiger partial charge in [-0.1, -0.05) is 15.9 Å². The molecule has 1 aromatic carbocycles. The Balaban J connectivity index is 1.82. The molecule has 0 unspecified atom stereocenters. The number of thiophene rings is 1. The van der Waals surface area contributed by atoms with Crippen molar-refractivity contribution in [2.24, 2.45) is 0 Å². The summed E-state index contributed by atoms with van der Waals surface area (Å²) >= 11 is 5.31. The third kappa shape index (κ3) is 3.83. The summed E-state index contributed by atoms with van der Waals surface area (Å²) in [7, 11) is 1.69. The monoisotopic (exact) mass is 325 g/mol. The third-order valence-electron chi connectivity index (χ3n) is 2.74. The third-order valence-corrected chi connectivity index (χ3v) is 4.24. The van der Waals surface area contributed by atoms with Crippen molar-refractivity contribution >= 4 is 27.3 Å². The fraction of sp³-hybridized carbons (Fsp3) is 0.286. The molecule has 0 aliphatic heterocycles. The molecule has 0 aliphatic carbocycles. The summed E-state index contributed by atoms with van der Waals surface area (Å²) in [5.41, 5.74) is 2.62. The van der Waals surface area contributed by atoms with E-state index in [-0.39, 0.29) is 0 Å². The van der Waals surface area contributed by atoms with Crippen LogP contribution in [0.2, 0.25) is 0 Å². The van der Waals surface area contributed by atoms with Crippen molar-refractivity contribution in [3.8, 4) is 5.75 Å². The largest absolute Gasteiger partial charge is 0.497 e. The summed E-state index contributed by atoms with van der Waals surface area (Å²) in [5, 5.41) is 7.77. The SMILES string of the molecule is COc1ccc(Br)c(CNCCc2ccsc2)c1. The summed E-state index contributed by atoms with van der Waals surface area (Å²) in [6.07, 6.45) is 1.07. The highest BCUT2D eigenvalue weighted by molar-refractivity contribution is 9.10. The lowest BCUT2D eigenvalue weighted by atomic mass is 10.2. The zero-order valence-corrected chi connectivity index (χ0v) is 12.7. The molecule has 0 spiro atoms. The highest BCUT2D eigenvalue weighted by Gasteiger charge is 2.02. The van der Waals surface area contributed by atoms with Crippen LogP contribution in [0, 0.1) is 0 Å². The molecule has 0 aliphatic rings. The van der Waals surface area contributed by atoms with Gasteiger partial charge in [0, 0.05) is 11.0 Å². The summed E-state index contributed by atoms with van der Waals surface area (Å²) in [4.78, 5) is 0. The number of hydrogen-bond acceptors (Lipinski definition) is 3. The maximum absolute atomic E-state index is 5.23. The molecule has 96 valence electrons. The van der Waals surface area contributed by atoms with E-state index >= 15 is 0 Å². The van der Waals surface area contributed by atoms with Gasteiger partial charge in [-0.2, -0.15) is 11.3 Å². The van der Waals surface area contributed by atoms with E-state index in [4.69, 9.17) is 4.74 Å². The number of halogens is 1. The maximum Gasteiger partial charge on any atom is 0.119 e. The number of benzene rings is 1. The first-order valence-electron chi connectivity index (χ1n) is 5.84. The van der Waals surface area contributed by atoms with Crippen molar-refractivity contribution in [3.63, 3.8) is 0 Å². The Morgan fingerprint density at radius 2 is 2.22 bits per heavy atom. The molecule has 2 nitrogen and oxygen atoms in total. The van der Waals surface area contributed by atoms with Crippen LogP contribution in [0.3, 0.4) is 0 Å². The van der Waals surface area contributed by atoms with Crippen molar-refractivity contribution in [2.45, 2.75) is 13.0 Å². The van der Waals surface area contributed by atoms with Crippen LogP contribution in [0.1, 0.15) is 11.1 Å². The number of methoxy groups -OCH3 is 1. The normalized spacial score (nSPS) is 10.6. The molecule has 0 fully saturated rings. The molecule has 2 aromatic rings. The first-order valence-corrected chi connectivity index (χ1v) is 7.57. The van der Waals surface area contributed by atoms with E-state index in [1.807, 2.05) is 12.1 Å². The van der Waals surface area contributed by atoms with Crippen LogP contribution in [0.5, 0.6) is 5.75 Å². The standard InChI is InChI=1S/C14H16BrNOS/c1-17-13-2-3-14(15)12(8-13)9-16-6-4-11-5-7-18-10-11/h2-3,5,7-8,10,16H,4,6,9H2,1H3. The van der Waals surface area contributed by atoms with Gasteiger partial charge in [-0.05, 0) is 59.1 Å². The Morgan fingerprint density at radius 1 is 1.33 bits per heavy atom. The predicted octanol–water partition coefficient (Wildman–Crippen LogP) is 3.85. The van der Waals surface area contributed by atoms with Crippen LogP contribution in [0.15, 0.2) is 39.5 Å². The Hall–Kier alpha value is -0.840. The minimum absolute atomic E-state index is 0.849. The van der Waals surface area contributed by atoms with Gasteiger partial charge in [0.15, 0.2) is 0 Å². The Morgan fingerprint density at radius 3 is 2.94 bits per heavy atom. The molecule has 1 heterocycles. The number of nitrogens with one attached hydrogen (secondary N) is 1. The molecule has 18 heavy (non-hydrogen) atoms. The fourth-order valence-electron chi connectivity index (χ4n) is 1.70. The fourth-order valence-corrected chi connectivity index (χ4v) is 2.79. The summed E-state index contributed by atoms with van der Waals surface area (Å²) < 4.78 is 6.34. The van der Waals surface area contributed by atoms with Crippen LogP contribution in [-0.2, 0) is 13.0 Å². The second-order valence-corrected chi connectivity index (χ2v) is 5.65. The lowest BCUT2D eigenvalue weighted by Gasteiger charge is -2.08. The van der Waals surface area contributed by atoms with Crippen molar-refractivity contribution in [1.29, 1.82) is 0 Å². The molecule has 0 radical (unpaired) electrons. The average Bonchev–Trinajstić information content (AvgIpc) is 2.89. The lowest BCUT2D eigenvalue weighted by molar-refractivity contribution is 0.414. The van der Waals surface area contributed by atoms with Crippen molar-refractivity contribution in [3.05, 3.63) is 50.6 Å². The molecule has 1 aromatic heterocycles. The molecular weight excluding hydrogens is 310 g/mol. The van der Waals surface area contributed by atoms with Crippen LogP contribution in [0.4, 0.5) is 0 Å². The highest BCUT2D eigenvalue weighted by atomic mass is 79.9. The van der Waals surface area contributed by atoms with E-state index in [0.29, 0.717) is 0 Å². The molecule has 1 N–H and O–H groups in total. The number of ether oxygens (including phenoxy) is 1. The molecule has 0 atom stereocenters. The molecule has 0 bridgehead atoms. The minimum atomic E-state index is 0.849. The van der Waals surface area contributed by atoms with Gasteiger partial charge in [-0.25, -0.2) is 0 Å². The van der Waals surface area contributed by atoms with E-state index in [0.717, 1.165) is 29.7 Å². The van der Waals surface area contributed by atoms with E-state index in [2.05, 4.69) is 44.1 Å². The smallest absolute Gasteiger partial charge is 0.119 e. The molecular formula is C14H16BrNOS. The predicted molar refractivity (Wildman–Crippen MR) is 80.4 cm³/mol. The molecule has 0 saturated carbocycles. The van der Waals surface area contributed by atoms with Gasteiger partial charge in [0.25, 0.3) is 0 Å². The summed E-state index contributed by atoms with van der Waals surface area (Å²) in [6.45, 7) is 1.84. The van der Waals surface area contributed by atoms with Crippen molar-refractivity contribution in [1.82, 2.24) is 5.32 Å². The second-order valence-electron chi connectivity index (χ2n) is 4.02. The Labute approximate surface area is 120 Å². The van der Waals surface area contributed by atoms with Gasteiger partial charge in [0.2, 0.25) is 0 Å². The summed E-state index contributed by atoms with van der Waals surface area (Å²) in [5.74, 6) is 0.896. The van der Waals surface area contributed by atoms with Crippen LogP contribution >= 0.6 is 27.3 Å². The van der Waals surface area contributed by atoms with Gasteiger partial charge in [-0.3, -0.25) is 0 Å². The van der Waals surface area contributed by atoms with Crippen LogP contribution in [0.25, 0.3) is 0 Å². The van der Waals surface area contributed by atoms with E-state index in [9.17, 15) is 0 Å². The Bertz CT molecular complexity index is 485. The van der Waals surface area contributed by atoms with E-state index in [1.165, 1.54) is 11.1 Å². The zero-order valence-electron chi connectivity index (χ0n) is 10.3. The summed E-state index contributed by atoms with van der Waals surface area (Å²) in [6, 6.07) is 8.21. The maximum atomic E-state index is 5.23. The average molecular weight is 326 g/mol. The van der Waals surface area contributed by atoms with Gasteiger partial charge in [-0.15, -0.1) is 0 Å². The van der Waals surface area contributed by atoms with Crippen molar-refractivity contribution < 1.29 is 4.74 Å². The molecule has 4 heteroatoms. The molecule has 0 saturated heterocycles. The number of hydrogen-bond donors (Lipinski definition) is 1. The quantitative estimate of drug-likeness (QED) is 0.814. The lowest BCUT2D eigenvalue weighted by Crippen LogP contribution is -2.16. The van der Waals surface area contributed by atoms with Gasteiger partial charge in [0.1, 0.15) is 5.75 Å². The van der Waals surface area contributed by atoms with Gasteiger partial charge >= 0.3 is 0 Å². The molecule has 0 amide bonds. The highest BCUT2D eigenvalue weighted by Crippen LogP contribution is 2.22. The first-order chi connectivity index (χ1) is 8.79. The van der Waals surface area contributed by atoms with E-state index < -0.39 is 0 Å². The number of rotatable bonds is 6. The van der Waals surface area contributed by atoms with Crippen LogP contribution in [-0.4, -0.2) is 13.7 Å².